The van der Waals surface area contributed by atoms with Crippen molar-refractivity contribution < 1.29 is 13.2 Å². The van der Waals surface area contributed by atoms with Crippen LogP contribution in [0.5, 0.6) is 0 Å². The van der Waals surface area contributed by atoms with Crippen molar-refractivity contribution in [2.24, 2.45) is 5.73 Å². The van der Waals surface area contributed by atoms with E-state index >= 15 is 0 Å². The zero-order chi connectivity index (χ0) is 14.9. The minimum atomic E-state index is -3.76. The lowest BCUT2D eigenvalue weighted by molar-refractivity contribution is -0.121. The van der Waals surface area contributed by atoms with Crippen molar-refractivity contribution in [1.29, 1.82) is 0 Å². The second-order valence-corrected chi connectivity index (χ2v) is 7.97. The average Bonchev–Trinajstić information content (AvgIpc) is 2.41. The SMILES string of the molecule is Cc1ccc(S(=O)(=O)N2CCSCC2C(N)=O)cc1Cl. The molecule has 0 bridgehead atoms. The molecule has 1 heterocycles. The lowest BCUT2D eigenvalue weighted by Gasteiger charge is -2.32. The van der Waals surface area contributed by atoms with Crippen LogP contribution in [-0.2, 0) is 14.8 Å². The van der Waals surface area contributed by atoms with E-state index < -0.39 is 22.0 Å². The van der Waals surface area contributed by atoms with Crippen LogP contribution < -0.4 is 5.73 Å². The zero-order valence-corrected chi connectivity index (χ0v) is 13.3. The van der Waals surface area contributed by atoms with Crippen LogP contribution >= 0.6 is 23.4 Å². The van der Waals surface area contributed by atoms with Gasteiger partial charge in [-0.3, -0.25) is 4.79 Å². The molecule has 1 aliphatic rings. The summed E-state index contributed by atoms with van der Waals surface area (Å²) in [5, 5.41) is 0.382. The first-order chi connectivity index (χ1) is 9.34. The summed E-state index contributed by atoms with van der Waals surface area (Å²) in [4.78, 5) is 11.5. The summed E-state index contributed by atoms with van der Waals surface area (Å²) in [6.45, 7) is 2.06. The number of carbonyl (C=O) groups is 1. The van der Waals surface area contributed by atoms with E-state index in [0.717, 1.165) is 5.56 Å². The molecule has 8 heteroatoms. The highest BCUT2D eigenvalue weighted by molar-refractivity contribution is 7.99. The summed E-state index contributed by atoms with van der Waals surface area (Å²) in [7, 11) is -3.76. The van der Waals surface area contributed by atoms with Gasteiger partial charge in [-0.2, -0.15) is 16.1 Å². The Bertz CT molecular complexity index is 634. The quantitative estimate of drug-likeness (QED) is 0.901. The third kappa shape index (κ3) is 2.95. The minimum absolute atomic E-state index is 0.0891. The molecule has 0 radical (unpaired) electrons. The van der Waals surface area contributed by atoms with Crippen molar-refractivity contribution in [2.45, 2.75) is 17.9 Å². The number of nitrogens with two attached hydrogens (primary N) is 1. The van der Waals surface area contributed by atoms with Crippen LogP contribution in [0.2, 0.25) is 5.02 Å². The van der Waals surface area contributed by atoms with Crippen LogP contribution in [0.1, 0.15) is 5.56 Å². The lowest BCUT2D eigenvalue weighted by atomic mass is 10.2. The summed E-state index contributed by atoms with van der Waals surface area (Å²) >= 11 is 7.50. The Balaban J connectivity index is 2.42. The number of aryl methyl sites for hydroxylation is 1. The summed E-state index contributed by atoms with van der Waals surface area (Å²) in [6.07, 6.45) is 0. The van der Waals surface area contributed by atoms with Gasteiger partial charge in [0.25, 0.3) is 0 Å². The number of benzene rings is 1. The van der Waals surface area contributed by atoms with Gasteiger partial charge in [-0.05, 0) is 24.6 Å². The highest BCUT2D eigenvalue weighted by Crippen LogP contribution is 2.27. The molecule has 1 amide bonds. The predicted molar refractivity (Wildman–Crippen MR) is 80.4 cm³/mol. The first kappa shape index (κ1) is 15.6. The summed E-state index contributed by atoms with van der Waals surface area (Å²) < 4.78 is 26.4. The standard InChI is InChI=1S/C12H15ClN2O3S2/c1-8-2-3-9(6-10(8)13)20(17,18)15-4-5-19-7-11(15)12(14)16/h2-3,6,11H,4-5,7H2,1H3,(H2,14,16). The number of amides is 1. The number of nitrogens with zero attached hydrogens (tertiary/aromatic N) is 1. The third-order valence-electron chi connectivity index (χ3n) is 3.16. The molecule has 0 aromatic heterocycles. The lowest BCUT2D eigenvalue weighted by Crippen LogP contribution is -2.52. The van der Waals surface area contributed by atoms with Gasteiger partial charge in [0, 0.05) is 23.1 Å². The van der Waals surface area contributed by atoms with Gasteiger partial charge in [-0.15, -0.1) is 0 Å². The predicted octanol–water partition coefficient (Wildman–Crippen LogP) is 1.24. The van der Waals surface area contributed by atoms with Crippen LogP contribution in [0.15, 0.2) is 23.1 Å². The van der Waals surface area contributed by atoms with Crippen LogP contribution in [0.4, 0.5) is 0 Å². The maximum atomic E-state index is 12.6. The molecule has 2 rings (SSSR count). The molecule has 20 heavy (non-hydrogen) atoms. The van der Waals surface area contributed by atoms with Gasteiger partial charge < -0.3 is 5.73 Å². The number of halogens is 1. The normalized spacial score (nSPS) is 20.8. The largest absolute Gasteiger partial charge is 0.368 e. The molecule has 1 aromatic rings. The van der Waals surface area contributed by atoms with Crippen molar-refractivity contribution >= 4 is 39.3 Å². The number of rotatable bonds is 3. The van der Waals surface area contributed by atoms with Crippen molar-refractivity contribution in [1.82, 2.24) is 4.31 Å². The van der Waals surface area contributed by atoms with E-state index in [0.29, 0.717) is 16.5 Å². The molecule has 2 N–H and O–H groups in total. The molecule has 0 aliphatic carbocycles. The van der Waals surface area contributed by atoms with E-state index in [1.165, 1.54) is 28.2 Å². The van der Waals surface area contributed by atoms with Gasteiger partial charge in [-0.25, -0.2) is 8.42 Å². The fraction of sp³-hybridized carbons (Fsp3) is 0.417. The summed E-state index contributed by atoms with van der Waals surface area (Å²) in [5.74, 6) is 0.399. The Morgan fingerprint density at radius 1 is 1.50 bits per heavy atom. The molecule has 0 spiro atoms. The summed E-state index contributed by atoms with van der Waals surface area (Å²) in [5.41, 5.74) is 6.10. The molecule has 1 aliphatic heterocycles. The Kier molecular flexibility index (Phi) is 4.63. The van der Waals surface area contributed by atoms with Gasteiger partial charge in [0.2, 0.25) is 15.9 Å². The van der Waals surface area contributed by atoms with E-state index in [1.54, 1.807) is 13.0 Å². The van der Waals surface area contributed by atoms with Gasteiger partial charge in [0.1, 0.15) is 6.04 Å². The van der Waals surface area contributed by atoms with E-state index in [-0.39, 0.29) is 11.4 Å². The Morgan fingerprint density at radius 3 is 2.80 bits per heavy atom. The molecule has 5 nitrogen and oxygen atoms in total. The zero-order valence-electron chi connectivity index (χ0n) is 10.9. The number of thioether (sulfide) groups is 1. The van der Waals surface area contributed by atoms with Gasteiger partial charge >= 0.3 is 0 Å². The van der Waals surface area contributed by atoms with Crippen molar-refractivity contribution in [3.05, 3.63) is 28.8 Å². The molecule has 1 aromatic carbocycles. The molecule has 1 atom stereocenters. The van der Waals surface area contributed by atoms with Crippen molar-refractivity contribution in [3.63, 3.8) is 0 Å². The maximum Gasteiger partial charge on any atom is 0.243 e. The van der Waals surface area contributed by atoms with Crippen molar-refractivity contribution in [3.8, 4) is 0 Å². The first-order valence-corrected chi connectivity index (χ1v) is 8.96. The number of sulfonamides is 1. The van der Waals surface area contributed by atoms with Crippen LogP contribution in [0, 0.1) is 6.92 Å². The molecule has 110 valence electrons. The third-order valence-corrected chi connectivity index (χ3v) is 6.49. The van der Waals surface area contributed by atoms with Crippen LogP contribution in [-0.4, -0.2) is 42.7 Å². The van der Waals surface area contributed by atoms with Gasteiger partial charge in [0.15, 0.2) is 0 Å². The highest BCUT2D eigenvalue weighted by Gasteiger charge is 2.37. The maximum absolute atomic E-state index is 12.6. The van der Waals surface area contributed by atoms with E-state index in [2.05, 4.69) is 0 Å². The fourth-order valence-corrected chi connectivity index (χ4v) is 5.11. The summed E-state index contributed by atoms with van der Waals surface area (Å²) in [6, 6.07) is 3.74. The van der Waals surface area contributed by atoms with Crippen LogP contribution in [0.25, 0.3) is 0 Å². The van der Waals surface area contributed by atoms with E-state index in [4.69, 9.17) is 17.3 Å². The number of primary amides is 1. The Hall–Kier alpha value is -0.760. The smallest absolute Gasteiger partial charge is 0.243 e. The van der Waals surface area contributed by atoms with Gasteiger partial charge in [-0.1, -0.05) is 17.7 Å². The van der Waals surface area contributed by atoms with Crippen molar-refractivity contribution in [2.75, 3.05) is 18.1 Å². The minimum Gasteiger partial charge on any atom is -0.368 e. The molecule has 0 saturated carbocycles. The van der Waals surface area contributed by atoms with E-state index in [9.17, 15) is 13.2 Å². The molecular formula is C12H15ClN2O3S2. The fourth-order valence-electron chi connectivity index (χ4n) is 1.97. The number of carbonyl (C=O) groups excluding carboxylic acids is 1. The molecule has 1 unspecified atom stereocenters. The van der Waals surface area contributed by atoms with E-state index in [1.807, 2.05) is 0 Å². The molecule has 1 saturated heterocycles. The highest BCUT2D eigenvalue weighted by atomic mass is 35.5. The molecular weight excluding hydrogens is 320 g/mol. The second-order valence-electron chi connectivity index (χ2n) is 4.52. The monoisotopic (exact) mass is 334 g/mol. The number of hydrogen-bond donors (Lipinski definition) is 1. The number of hydrogen-bond acceptors (Lipinski definition) is 4. The Labute approximate surface area is 127 Å². The topological polar surface area (TPSA) is 80.5 Å². The van der Waals surface area contributed by atoms with Gasteiger partial charge in [0.05, 0.1) is 4.90 Å². The van der Waals surface area contributed by atoms with Crippen LogP contribution in [0.3, 0.4) is 0 Å². The average molecular weight is 335 g/mol. The first-order valence-electron chi connectivity index (χ1n) is 5.99. The second kappa shape index (κ2) is 5.93. The Morgan fingerprint density at radius 2 is 2.20 bits per heavy atom. The molecule has 1 fully saturated rings.